The molecule has 1 aromatic rings. The molecule has 192 valence electrons. The summed E-state index contributed by atoms with van der Waals surface area (Å²) in [5.41, 5.74) is -1.36. The molecule has 1 spiro atoms. The molecule has 0 aliphatic carbocycles. The van der Waals surface area contributed by atoms with Gasteiger partial charge in [0.05, 0.1) is 23.1 Å². The summed E-state index contributed by atoms with van der Waals surface area (Å²) >= 11 is 0. The smallest absolute Gasteiger partial charge is 0.371 e. The number of carbonyl (C=O) groups is 2. The number of urea groups is 1. The van der Waals surface area contributed by atoms with Crippen molar-refractivity contribution in [3.05, 3.63) is 29.3 Å². The zero-order valence-corrected chi connectivity index (χ0v) is 20.8. The zero-order chi connectivity index (χ0) is 26.0. The minimum Gasteiger partial charge on any atom is -0.371 e. The van der Waals surface area contributed by atoms with Crippen molar-refractivity contribution in [2.45, 2.75) is 39.3 Å². The van der Waals surface area contributed by atoms with Crippen molar-refractivity contribution in [2.75, 3.05) is 51.7 Å². The van der Waals surface area contributed by atoms with E-state index in [1.54, 1.807) is 30.0 Å². The summed E-state index contributed by atoms with van der Waals surface area (Å²) in [4.78, 5) is 31.0. The number of hydrogen-bond donors (Lipinski definition) is 1. The van der Waals surface area contributed by atoms with Crippen LogP contribution in [0.4, 0.5) is 23.7 Å². The van der Waals surface area contributed by atoms with Gasteiger partial charge in [-0.1, -0.05) is 13.8 Å². The molecule has 1 aromatic carbocycles. The fraction of sp³-hybridized carbons (Fsp3) is 0.640. The van der Waals surface area contributed by atoms with Gasteiger partial charge in [0.15, 0.2) is 0 Å². The first-order chi connectivity index (χ1) is 16.4. The second-order valence-electron chi connectivity index (χ2n) is 10.3. The highest BCUT2D eigenvalue weighted by atomic mass is 19.4. The van der Waals surface area contributed by atoms with E-state index in [1.165, 1.54) is 12.1 Å². The number of likely N-dealkylation sites (tertiary alicyclic amines) is 1. The maximum absolute atomic E-state index is 13.4. The van der Waals surface area contributed by atoms with E-state index >= 15 is 0 Å². The number of piperidine rings is 1. The Labute approximate surface area is 204 Å². The summed E-state index contributed by atoms with van der Waals surface area (Å²) in [6.45, 7) is 6.44. The van der Waals surface area contributed by atoms with Crippen LogP contribution in [0.25, 0.3) is 0 Å². The van der Waals surface area contributed by atoms with E-state index < -0.39 is 22.7 Å². The highest BCUT2D eigenvalue weighted by Crippen LogP contribution is 2.46. The van der Waals surface area contributed by atoms with E-state index in [2.05, 4.69) is 19.2 Å². The lowest BCUT2D eigenvalue weighted by Crippen LogP contribution is -2.48. The van der Waals surface area contributed by atoms with Crippen LogP contribution in [0.15, 0.2) is 18.2 Å². The predicted molar refractivity (Wildman–Crippen MR) is 127 cm³/mol. The van der Waals surface area contributed by atoms with Crippen LogP contribution in [0.5, 0.6) is 0 Å². The Morgan fingerprint density at radius 3 is 2.46 bits per heavy atom. The fourth-order valence-electron chi connectivity index (χ4n) is 5.13. The summed E-state index contributed by atoms with van der Waals surface area (Å²) in [7, 11) is 3.40. The third kappa shape index (κ3) is 5.82. The first-order valence-electron chi connectivity index (χ1n) is 12.0. The molecule has 2 aliphatic rings. The normalized spacial score (nSPS) is 19.7. The van der Waals surface area contributed by atoms with E-state index in [0.29, 0.717) is 57.2 Å². The molecular formula is C25H34F3N5O2. The average molecular weight is 494 g/mol. The Balaban J connectivity index is 1.77. The van der Waals surface area contributed by atoms with Crippen molar-refractivity contribution < 1.29 is 22.8 Å². The molecule has 0 radical (unpaired) electrons. The van der Waals surface area contributed by atoms with Gasteiger partial charge in [0.25, 0.3) is 0 Å². The van der Waals surface area contributed by atoms with Crippen molar-refractivity contribution in [3.8, 4) is 6.07 Å². The number of nitrogens with one attached hydrogen (secondary N) is 1. The molecule has 1 atom stereocenters. The van der Waals surface area contributed by atoms with Gasteiger partial charge in [0, 0.05) is 57.9 Å². The molecule has 3 rings (SSSR count). The first-order valence-corrected chi connectivity index (χ1v) is 12.0. The number of carbonyl (C=O) groups excluding carboxylic acids is 2. The SMILES string of the molecule is CC(C)CCNC(=O)N1CC(C(=O)N(C)C)C2(CCN(c3ccc(C#N)c(C(F)(F)F)c3)CC2)C1. The van der Waals surface area contributed by atoms with Gasteiger partial charge >= 0.3 is 12.2 Å². The Hall–Kier alpha value is -2.96. The molecule has 2 saturated heterocycles. The quantitative estimate of drug-likeness (QED) is 0.674. The molecule has 1 unspecified atom stereocenters. The Morgan fingerprint density at radius 2 is 1.91 bits per heavy atom. The zero-order valence-electron chi connectivity index (χ0n) is 20.8. The minimum absolute atomic E-state index is 0.0336. The van der Waals surface area contributed by atoms with Crippen molar-refractivity contribution >= 4 is 17.6 Å². The number of rotatable bonds is 5. The lowest BCUT2D eigenvalue weighted by molar-refractivity contribution is -0.138. The molecule has 0 aromatic heterocycles. The van der Waals surface area contributed by atoms with E-state index in [1.807, 2.05) is 4.90 Å². The second kappa shape index (κ2) is 10.3. The van der Waals surface area contributed by atoms with Gasteiger partial charge in [-0.25, -0.2) is 4.79 Å². The molecule has 2 fully saturated rings. The van der Waals surface area contributed by atoms with Crippen LogP contribution in [0.1, 0.15) is 44.2 Å². The molecule has 35 heavy (non-hydrogen) atoms. The van der Waals surface area contributed by atoms with Gasteiger partial charge in [-0.05, 0) is 43.4 Å². The summed E-state index contributed by atoms with van der Waals surface area (Å²) < 4.78 is 40.3. The Morgan fingerprint density at radius 1 is 1.26 bits per heavy atom. The number of nitrogens with zero attached hydrogens (tertiary/aromatic N) is 4. The van der Waals surface area contributed by atoms with Crippen molar-refractivity contribution in [3.63, 3.8) is 0 Å². The van der Waals surface area contributed by atoms with Gasteiger partial charge in [-0.2, -0.15) is 18.4 Å². The van der Waals surface area contributed by atoms with Crippen LogP contribution < -0.4 is 10.2 Å². The van der Waals surface area contributed by atoms with Crippen LogP contribution in [0.2, 0.25) is 0 Å². The first kappa shape index (κ1) is 26.6. The monoisotopic (exact) mass is 493 g/mol. The average Bonchev–Trinajstić information content (AvgIpc) is 3.16. The number of benzene rings is 1. The van der Waals surface area contributed by atoms with Crippen LogP contribution in [-0.4, -0.2) is 68.6 Å². The summed E-state index contributed by atoms with van der Waals surface area (Å²) in [5.74, 6) is 0.0727. The summed E-state index contributed by atoms with van der Waals surface area (Å²) in [5, 5.41) is 12.0. The highest BCUT2D eigenvalue weighted by Gasteiger charge is 2.52. The van der Waals surface area contributed by atoms with Crippen LogP contribution in [-0.2, 0) is 11.0 Å². The maximum Gasteiger partial charge on any atom is 0.417 e. The number of hydrogen-bond acceptors (Lipinski definition) is 4. The van der Waals surface area contributed by atoms with Gasteiger partial charge < -0.3 is 20.0 Å². The molecule has 0 bridgehead atoms. The third-order valence-corrected chi connectivity index (χ3v) is 7.23. The highest BCUT2D eigenvalue weighted by molar-refractivity contribution is 5.82. The maximum atomic E-state index is 13.4. The topological polar surface area (TPSA) is 79.7 Å². The van der Waals surface area contributed by atoms with Crippen LogP contribution in [0, 0.1) is 28.6 Å². The lowest BCUT2D eigenvalue weighted by Gasteiger charge is -2.43. The second-order valence-corrected chi connectivity index (χ2v) is 10.3. The van der Waals surface area contributed by atoms with Gasteiger partial charge in [0.2, 0.25) is 5.91 Å². The van der Waals surface area contributed by atoms with Crippen molar-refractivity contribution in [1.29, 1.82) is 5.26 Å². The summed E-state index contributed by atoms with van der Waals surface area (Å²) in [6, 6.07) is 5.21. The third-order valence-electron chi connectivity index (χ3n) is 7.23. The van der Waals surface area contributed by atoms with Crippen LogP contribution >= 0.6 is 0 Å². The molecule has 2 heterocycles. The van der Waals surface area contributed by atoms with E-state index in [-0.39, 0.29) is 17.9 Å². The molecule has 7 nitrogen and oxygen atoms in total. The fourth-order valence-corrected chi connectivity index (χ4v) is 5.13. The lowest BCUT2D eigenvalue weighted by atomic mass is 9.70. The molecule has 3 amide bonds. The predicted octanol–water partition coefficient (Wildman–Crippen LogP) is 3.94. The summed E-state index contributed by atoms with van der Waals surface area (Å²) in [6.07, 6.45) is -2.59. The van der Waals surface area contributed by atoms with Gasteiger partial charge in [0.1, 0.15) is 0 Å². The van der Waals surface area contributed by atoms with Gasteiger partial charge in [-0.15, -0.1) is 0 Å². The number of nitriles is 1. The molecule has 1 N–H and O–H groups in total. The van der Waals surface area contributed by atoms with Gasteiger partial charge in [-0.3, -0.25) is 4.79 Å². The Bertz CT molecular complexity index is 978. The Kier molecular flexibility index (Phi) is 7.87. The van der Waals surface area contributed by atoms with E-state index in [4.69, 9.17) is 5.26 Å². The largest absolute Gasteiger partial charge is 0.417 e. The van der Waals surface area contributed by atoms with E-state index in [0.717, 1.165) is 12.5 Å². The number of amides is 3. The number of halogens is 3. The molecular weight excluding hydrogens is 459 g/mol. The molecule has 2 aliphatic heterocycles. The number of alkyl halides is 3. The standard InChI is InChI=1S/C25H34F3N5O2/c1-17(2)7-10-30-23(35)33-15-21(22(34)31(3)4)24(16-33)8-11-32(12-9-24)19-6-5-18(14-29)20(13-19)25(26,27)28/h5-6,13,17,21H,7-12,15-16H2,1-4H3,(H,30,35). The minimum atomic E-state index is -4.61. The molecule has 0 saturated carbocycles. The molecule has 10 heteroatoms. The van der Waals surface area contributed by atoms with E-state index in [9.17, 15) is 22.8 Å². The van der Waals surface area contributed by atoms with Crippen molar-refractivity contribution in [1.82, 2.24) is 15.1 Å². The number of anilines is 1. The van der Waals surface area contributed by atoms with Crippen molar-refractivity contribution in [2.24, 2.45) is 17.3 Å². The van der Waals surface area contributed by atoms with Crippen LogP contribution in [0.3, 0.4) is 0 Å².